The Morgan fingerprint density at radius 3 is 3.00 bits per heavy atom. The van der Waals surface area contributed by atoms with Crippen LogP contribution in [-0.4, -0.2) is 41.8 Å². The minimum absolute atomic E-state index is 0.00571. The molecule has 1 heterocycles. The Bertz CT molecular complexity index is 531. The van der Waals surface area contributed by atoms with E-state index in [4.69, 9.17) is 9.84 Å². The first-order valence-corrected chi connectivity index (χ1v) is 6.30. The van der Waals surface area contributed by atoms with Gasteiger partial charge in [-0.2, -0.15) is 0 Å². The Morgan fingerprint density at radius 2 is 2.35 bits per heavy atom. The van der Waals surface area contributed by atoms with Crippen molar-refractivity contribution in [1.29, 1.82) is 0 Å². The monoisotopic (exact) mass is 280 g/mol. The van der Waals surface area contributed by atoms with Crippen molar-refractivity contribution in [2.45, 2.75) is 19.4 Å². The van der Waals surface area contributed by atoms with Crippen LogP contribution in [-0.2, 0) is 9.53 Å². The van der Waals surface area contributed by atoms with Crippen molar-refractivity contribution < 1.29 is 19.6 Å². The molecule has 0 bridgehead atoms. The van der Waals surface area contributed by atoms with E-state index < -0.39 is 10.9 Å². The second-order valence-electron chi connectivity index (χ2n) is 4.75. The molecule has 1 unspecified atom stereocenters. The number of nitrogens with zero attached hydrogens (tertiary/aromatic N) is 2. The summed E-state index contributed by atoms with van der Waals surface area (Å²) < 4.78 is 5.31. The lowest BCUT2D eigenvalue weighted by molar-refractivity contribution is -0.384. The van der Waals surface area contributed by atoms with E-state index in [1.54, 1.807) is 6.07 Å². The van der Waals surface area contributed by atoms with Gasteiger partial charge in [0.1, 0.15) is 0 Å². The number of nitro groups is 1. The molecule has 0 saturated carbocycles. The predicted octanol–water partition coefficient (Wildman–Crippen LogP) is 1.58. The van der Waals surface area contributed by atoms with Crippen molar-refractivity contribution in [3.8, 4) is 0 Å². The molecule has 20 heavy (non-hydrogen) atoms. The molecule has 0 aliphatic carbocycles. The maximum Gasteiger partial charge on any atom is 0.305 e. The van der Waals surface area contributed by atoms with Crippen LogP contribution < -0.4 is 4.90 Å². The molecular formula is C13H16N2O5. The van der Waals surface area contributed by atoms with Gasteiger partial charge in [-0.3, -0.25) is 14.9 Å². The summed E-state index contributed by atoms with van der Waals surface area (Å²) in [5.41, 5.74) is 1.59. The van der Waals surface area contributed by atoms with Crippen molar-refractivity contribution >= 4 is 17.3 Å². The summed E-state index contributed by atoms with van der Waals surface area (Å²) in [6, 6.07) is 4.32. The van der Waals surface area contributed by atoms with Gasteiger partial charge in [-0.05, 0) is 12.5 Å². The Balaban J connectivity index is 2.33. The van der Waals surface area contributed by atoms with Gasteiger partial charge in [0.2, 0.25) is 0 Å². The van der Waals surface area contributed by atoms with Crippen molar-refractivity contribution in [2.75, 3.05) is 24.7 Å². The molecule has 2 rings (SSSR count). The van der Waals surface area contributed by atoms with Gasteiger partial charge in [0.05, 0.1) is 30.6 Å². The second kappa shape index (κ2) is 5.87. The number of aryl methyl sites for hydroxylation is 1. The average molecular weight is 280 g/mol. The molecule has 1 saturated heterocycles. The number of aliphatic carboxylic acids is 1. The van der Waals surface area contributed by atoms with Crippen LogP contribution >= 0.6 is 0 Å². The molecule has 0 aromatic heterocycles. The van der Waals surface area contributed by atoms with Crippen molar-refractivity contribution in [2.24, 2.45) is 0 Å². The minimum atomic E-state index is -0.909. The van der Waals surface area contributed by atoms with Crippen LogP contribution in [0.5, 0.6) is 0 Å². The van der Waals surface area contributed by atoms with Crippen LogP contribution in [0.4, 0.5) is 11.4 Å². The standard InChI is InChI=1S/C13H16N2O5/c1-9-2-3-10(15(18)19)6-12(9)14-4-5-20-8-11(14)7-13(16)17/h2-3,6,11H,4-5,7-8H2,1H3,(H,16,17). The van der Waals surface area contributed by atoms with E-state index in [0.29, 0.717) is 25.4 Å². The molecule has 1 atom stereocenters. The molecule has 108 valence electrons. The molecule has 1 N–H and O–H groups in total. The number of carbonyl (C=O) groups is 1. The summed E-state index contributed by atoms with van der Waals surface area (Å²) in [7, 11) is 0. The topological polar surface area (TPSA) is 92.9 Å². The van der Waals surface area contributed by atoms with E-state index >= 15 is 0 Å². The Kier molecular flexibility index (Phi) is 4.19. The zero-order chi connectivity index (χ0) is 14.7. The molecule has 0 amide bonds. The van der Waals surface area contributed by atoms with Gasteiger partial charge >= 0.3 is 5.97 Å². The normalized spacial score (nSPS) is 18.9. The maximum atomic E-state index is 10.9. The molecule has 0 radical (unpaired) electrons. The summed E-state index contributed by atoms with van der Waals surface area (Å²) in [5.74, 6) is -0.909. The maximum absolute atomic E-state index is 10.9. The molecule has 1 aliphatic heterocycles. The van der Waals surface area contributed by atoms with Crippen LogP contribution in [0.2, 0.25) is 0 Å². The van der Waals surface area contributed by atoms with Crippen LogP contribution in [0.25, 0.3) is 0 Å². The summed E-state index contributed by atoms with van der Waals surface area (Å²) in [5, 5.41) is 19.8. The number of anilines is 1. The minimum Gasteiger partial charge on any atom is -0.481 e. The third-order valence-corrected chi connectivity index (χ3v) is 3.35. The average Bonchev–Trinajstić information content (AvgIpc) is 2.39. The molecule has 1 aromatic rings. The smallest absolute Gasteiger partial charge is 0.305 e. The first-order chi connectivity index (χ1) is 9.49. The van der Waals surface area contributed by atoms with Gasteiger partial charge in [0.25, 0.3) is 5.69 Å². The highest BCUT2D eigenvalue weighted by molar-refractivity contribution is 5.69. The van der Waals surface area contributed by atoms with Crippen LogP contribution in [0.1, 0.15) is 12.0 Å². The highest BCUT2D eigenvalue weighted by Gasteiger charge is 2.27. The number of ether oxygens (including phenoxy) is 1. The Hall–Kier alpha value is -2.15. The molecule has 0 spiro atoms. The predicted molar refractivity (Wildman–Crippen MR) is 72.0 cm³/mol. The molecule has 1 aliphatic rings. The number of hydrogen-bond donors (Lipinski definition) is 1. The van der Waals surface area contributed by atoms with E-state index in [1.165, 1.54) is 12.1 Å². The molecule has 7 heteroatoms. The number of carboxylic acid groups (broad SMARTS) is 1. The summed E-state index contributed by atoms with van der Waals surface area (Å²) in [6.45, 7) is 3.18. The third-order valence-electron chi connectivity index (χ3n) is 3.35. The van der Waals surface area contributed by atoms with Gasteiger partial charge in [0.15, 0.2) is 0 Å². The highest BCUT2D eigenvalue weighted by Crippen LogP contribution is 2.29. The van der Waals surface area contributed by atoms with Gasteiger partial charge in [0, 0.05) is 24.4 Å². The second-order valence-corrected chi connectivity index (χ2v) is 4.75. The molecular weight excluding hydrogens is 264 g/mol. The highest BCUT2D eigenvalue weighted by atomic mass is 16.6. The zero-order valence-electron chi connectivity index (χ0n) is 11.1. The van der Waals surface area contributed by atoms with E-state index in [9.17, 15) is 14.9 Å². The largest absolute Gasteiger partial charge is 0.481 e. The number of benzene rings is 1. The Morgan fingerprint density at radius 1 is 1.60 bits per heavy atom. The van der Waals surface area contributed by atoms with Gasteiger partial charge in [-0.25, -0.2) is 0 Å². The zero-order valence-corrected chi connectivity index (χ0v) is 11.1. The van der Waals surface area contributed by atoms with E-state index in [1.807, 2.05) is 11.8 Å². The number of non-ortho nitro benzene ring substituents is 1. The lowest BCUT2D eigenvalue weighted by Crippen LogP contribution is -2.47. The number of hydrogen-bond acceptors (Lipinski definition) is 5. The number of morpholine rings is 1. The van der Waals surface area contributed by atoms with Crippen molar-refractivity contribution in [1.82, 2.24) is 0 Å². The third kappa shape index (κ3) is 3.05. The van der Waals surface area contributed by atoms with Gasteiger partial charge in [-0.1, -0.05) is 6.07 Å². The lowest BCUT2D eigenvalue weighted by Gasteiger charge is -2.37. The number of carboxylic acids is 1. The number of nitro benzene ring substituents is 1. The van der Waals surface area contributed by atoms with Gasteiger partial charge in [-0.15, -0.1) is 0 Å². The van der Waals surface area contributed by atoms with E-state index in [-0.39, 0.29) is 18.2 Å². The van der Waals surface area contributed by atoms with Crippen molar-refractivity contribution in [3.05, 3.63) is 33.9 Å². The summed E-state index contributed by atoms with van der Waals surface area (Å²) in [6.07, 6.45) is -0.0534. The summed E-state index contributed by atoms with van der Waals surface area (Å²) >= 11 is 0. The SMILES string of the molecule is Cc1ccc([N+](=O)[O-])cc1N1CCOCC1CC(=O)O. The summed E-state index contributed by atoms with van der Waals surface area (Å²) in [4.78, 5) is 23.2. The Labute approximate surface area is 115 Å². The fourth-order valence-corrected chi connectivity index (χ4v) is 2.36. The molecule has 1 aromatic carbocycles. The van der Waals surface area contributed by atoms with Crippen LogP contribution in [0, 0.1) is 17.0 Å². The number of rotatable bonds is 4. The lowest BCUT2D eigenvalue weighted by atomic mass is 10.1. The fourth-order valence-electron chi connectivity index (χ4n) is 2.36. The van der Waals surface area contributed by atoms with Gasteiger partial charge < -0.3 is 14.7 Å². The van der Waals surface area contributed by atoms with Crippen LogP contribution in [0.15, 0.2) is 18.2 Å². The van der Waals surface area contributed by atoms with Crippen molar-refractivity contribution in [3.63, 3.8) is 0 Å². The fraction of sp³-hybridized carbons (Fsp3) is 0.462. The molecule has 7 nitrogen and oxygen atoms in total. The first kappa shape index (κ1) is 14.3. The van der Waals surface area contributed by atoms with E-state index in [0.717, 1.165) is 5.56 Å². The molecule has 1 fully saturated rings. The first-order valence-electron chi connectivity index (χ1n) is 6.30. The van der Waals surface area contributed by atoms with Crippen LogP contribution in [0.3, 0.4) is 0 Å². The quantitative estimate of drug-likeness (QED) is 0.665. The van der Waals surface area contributed by atoms with E-state index in [2.05, 4.69) is 0 Å².